The monoisotopic (exact) mass is 253 g/mol. The second-order valence-corrected chi connectivity index (χ2v) is 5.16. The predicted molar refractivity (Wildman–Crippen MR) is 70.3 cm³/mol. The van der Waals surface area contributed by atoms with Crippen LogP contribution in [-0.2, 0) is 9.59 Å². The van der Waals surface area contributed by atoms with E-state index in [1.54, 1.807) is 6.92 Å². The molecular weight excluding hydrogens is 230 g/mol. The Balaban J connectivity index is 2.75. The maximum atomic E-state index is 12.0. The molecule has 0 heterocycles. The highest BCUT2D eigenvalue weighted by atomic mass is 16.4. The van der Waals surface area contributed by atoms with Gasteiger partial charge in [0.1, 0.15) is 0 Å². The molecule has 2 N–H and O–H groups in total. The van der Waals surface area contributed by atoms with Gasteiger partial charge in [0.05, 0.1) is 12.0 Å². The van der Waals surface area contributed by atoms with E-state index < -0.39 is 11.5 Å². The van der Waals surface area contributed by atoms with Crippen LogP contribution < -0.4 is 5.32 Å². The summed E-state index contributed by atoms with van der Waals surface area (Å²) >= 11 is 0. The van der Waals surface area contributed by atoms with Crippen molar-refractivity contribution >= 4 is 11.9 Å². The van der Waals surface area contributed by atoms with Gasteiger partial charge in [0.2, 0.25) is 5.91 Å². The smallest absolute Gasteiger partial charge is 0.305 e. The summed E-state index contributed by atoms with van der Waals surface area (Å²) in [6.07, 6.45) is 7.35. The summed E-state index contributed by atoms with van der Waals surface area (Å²) in [6.45, 7) is 3.75. The first kappa shape index (κ1) is 14.7. The van der Waals surface area contributed by atoms with Crippen LogP contribution >= 0.6 is 0 Å². The molecule has 0 aromatic carbocycles. The van der Waals surface area contributed by atoms with Crippen molar-refractivity contribution in [1.29, 1.82) is 0 Å². The van der Waals surface area contributed by atoms with Crippen molar-refractivity contribution in [3.8, 4) is 0 Å². The Labute approximate surface area is 108 Å². The van der Waals surface area contributed by atoms with E-state index in [1.165, 1.54) is 0 Å². The molecule has 0 saturated heterocycles. The first-order chi connectivity index (χ1) is 8.49. The normalized spacial score (nSPS) is 19.3. The van der Waals surface area contributed by atoms with Crippen molar-refractivity contribution in [2.24, 2.45) is 0 Å². The lowest BCUT2D eigenvalue weighted by molar-refractivity contribution is -0.139. The zero-order valence-electron chi connectivity index (χ0n) is 11.3. The van der Waals surface area contributed by atoms with E-state index in [0.717, 1.165) is 38.5 Å². The number of amides is 1. The van der Waals surface area contributed by atoms with Gasteiger partial charge in [-0.3, -0.25) is 9.59 Å². The number of hydrogen-bond acceptors (Lipinski definition) is 2. The number of hydrogen-bond donors (Lipinski definition) is 2. The van der Waals surface area contributed by atoms with Crippen LogP contribution in [0.15, 0.2) is 11.6 Å². The van der Waals surface area contributed by atoms with Crippen molar-refractivity contribution < 1.29 is 14.7 Å². The minimum absolute atomic E-state index is 0.0259. The average Bonchev–Trinajstić information content (AvgIpc) is 2.29. The molecule has 4 nitrogen and oxygen atoms in total. The van der Waals surface area contributed by atoms with E-state index in [9.17, 15) is 9.59 Å². The number of carbonyl (C=O) groups excluding carboxylic acids is 1. The SMILES string of the molecule is CC/C=C(/C)C(=O)NC1(CC(=O)O)CCCCC1. The maximum Gasteiger partial charge on any atom is 0.305 e. The topological polar surface area (TPSA) is 66.4 Å². The van der Waals surface area contributed by atoms with Gasteiger partial charge in [-0.15, -0.1) is 0 Å². The number of aliphatic carboxylic acids is 1. The molecule has 1 amide bonds. The van der Waals surface area contributed by atoms with Gasteiger partial charge < -0.3 is 10.4 Å². The van der Waals surface area contributed by atoms with Crippen molar-refractivity contribution in [1.82, 2.24) is 5.32 Å². The quantitative estimate of drug-likeness (QED) is 0.740. The third-order valence-electron chi connectivity index (χ3n) is 3.55. The second-order valence-electron chi connectivity index (χ2n) is 5.16. The minimum Gasteiger partial charge on any atom is -0.481 e. The van der Waals surface area contributed by atoms with Gasteiger partial charge in [-0.2, -0.15) is 0 Å². The fraction of sp³-hybridized carbons (Fsp3) is 0.714. The molecule has 1 aliphatic rings. The number of rotatable bonds is 5. The van der Waals surface area contributed by atoms with Gasteiger partial charge in [0, 0.05) is 5.57 Å². The molecule has 0 aromatic rings. The Hall–Kier alpha value is -1.32. The van der Waals surface area contributed by atoms with E-state index in [1.807, 2.05) is 13.0 Å². The summed E-state index contributed by atoms with van der Waals surface area (Å²) in [5.41, 5.74) is 0.136. The molecule has 0 aromatic heterocycles. The molecule has 1 fully saturated rings. The Morgan fingerprint density at radius 2 is 1.89 bits per heavy atom. The number of allylic oxidation sites excluding steroid dienone is 1. The largest absolute Gasteiger partial charge is 0.481 e. The van der Waals surface area contributed by atoms with Gasteiger partial charge >= 0.3 is 5.97 Å². The molecule has 0 atom stereocenters. The van der Waals surface area contributed by atoms with E-state index in [0.29, 0.717) is 5.57 Å². The summed E-state index contributed by atoms with van der Waals surface area (Å²) in [5, 5.41) is 12.0. The van der Waals surface area contributed by atoms with Gasteiger partial charge in [-0.1, -0.05) is 32.3 Å². The Morgan fingerprint density at radius 1 is 1.28 bits per heavy atom. The fourth-order valence-corrected chi connectivity index (χ4v) is 2.60. The lowest BCUT2D eigenvalue weighted by atomic mass is 9.79. The predicted octanol–water partition coefficient (Wildman–Crippen LogP) is 2.64. The first-order valence-electron chi connectivity index (χ1n) is 6.70. The van der Waals surface area contributed by atoms with Crippen LogP contribution in [0.5, 0.6) is 0 Å². The number of carbonyl (C=O) groups is 2. The van der Waals surface area contributed by atoms with Gasteiger partial charge in [0.15, 0.2) is 0 Å². The molecule has 1 saturated carbocycles. The van der Waals surface area contributed by atoms with Crippen LogP contribution in [-0.4, -0.2) is 22.5 Å². The highest BCUT2D eigenvalue weighted by molar-refractivity contribution is 5.93. The highest BCUT2D eigenvalue weighted by Gasteiger charge is 2.35. The maximum absolute atomic E-state index is 12.0. The van der Waals surface area contributed by atoms with E-state index in [2.05, 4.69) is 5.32 Å². The molecule has 0 unspecified atom stereocenters. The molecular formula is C14H23NO3. The number of carboxylic acid groups (broad SMARTS) is 1. The fourth-order valence-electron chi connectivity index (χ4n) is 2.60. The summed E-state index contributed by atoms with van der Waals surface area (Å²) in [6, 6.07) is 0. The molecule has 0 bridgehead atoms. The summed E-state index contributed by atoms with van der Waals surface area (Å²) in [5.74, 6) is -0.964. The van der Waals surface area contributed by atoms with Crippen LogP contribution in [0.25, 0.3) is 0 Å². The molecule has 1 rings (SSSR count). The summed E-state index contributed by atoms with van der Waals surface area (Å²) in [4.78, 5) is 23.0. The van der Waals surface area contributed by atoms with Crippen LogP contribution in [0.4, 0.5) is 0 Å². The van der Waals surface area contributed by atoms with Crippen molar-refractivity contribution in [3.63, 3.8) is 0 Å². The molecule has 1 aliphatic carbocycles. The molecule has 18 heavy (non-hydrogen) atoms. The van der Waals surface area contributed by atoms with Crippen LogP contribution in [0.2, 0.25) is 0 Å². The Bertz CT molecular complexity index is 341. The van der Waals surface area contributed by atoms with Crippen LogP contribution in [0.3, 0.4) is 0 Å². The number of carboxylic acids is 1. The molecule has 0 radical (unpaired) electrons. The Morgan fingerprint density at radius 3 is 2.39 bits per heavy atom. The van der Waals surface area contributed by atoms with Gasteiger partial charge in [-0.05, 0) is 26.2 Å². The lowest BCUT2D eigenvalue weighted by Crippen LogP contribution is -2.51. The zero-order chi connectivity index (χ0) is 13.6. The van der Waals surface area contributed by atoms with Crippen LogP contribution in [0, 0.1) is 0 Å². The minimum atomic E-state index is -0.839. The van der Waals surface area contributed by atoms with Crippen molar-refractivity contribution in [3.05, 3.63) is 11.6 Å². The molecule has 0 aliphatic heterocycles. The van der Waals surface area contributed by atoms with E-state index in [-0.39, 0.29) is 12.3 Å². The first-order valence-corrected chi connectivity index (χ1v) is 6.70. The highest BCUT2D eigenvalue weighted by Crippen LogP contribution is 2.31. The molecule has 0 spiro atoms. The third-order valence-corrected chi connectivity index (χ3v) is 3.55. The van der Waals surface area contributed by atoms with Gasteiger partial charge in [0.25, 0.3) is 0 Å². The second kappa shape index (κ2) is 6.57. The summed E-state index contributed by atoms with van der Waals surface area (Å²) < 4.78 is 0. The van der Waals surface area contributed by atoms with E-state index >= 15 is 0 Å². The average molecular weight is 253 g/mol. The molecule has 102 valence electrons. The molecule has 4 heteroatoms. The standard InChI is InChI=1S/C14H23NO3/c1-3-7-11(2)13(18)15-14(10-12(16)17)8-5-4-6-9-14/h7H,3-6,8-10H2,1-2H3,(H,15,18)(H,16,17)/b11-7-. The van der Waals surface area contributed by atoms with Crippen LogP contribution in [0.1, 0.15) is 58.8 Å². The zero-order valence-corrected chi connectivity index (χ0v) is 11.3. The third kappa shape index (κ3) is 4.17. The van der Waals surface area contributed by atoms with E-state index in [4.69, 9.17) is 5.11 Å². The van der Waals surface area contributed by atoms with Crippen molar-refractivity contribution in [2.75, 3.05) is 0 Å². The van der Waals surface area contributed by atoms with Crippen molar-refractivity contribution in [2.45, 2.75) is 64.3 Å². The Kier molecular flexibility index (Phi) is 5.38. The lowest BCUT2D eigenvalue weighted by Gasteiger charge is -2.37. The summed E-state index contributed by atoms with van der Waals surface area (Å²) in [7, 11) is 0. The van der Waals surface area contributed by atoms with Gasteiger partial charge in [-0.25, -0.2) is 0 Å². The number of nitrogens with one attached hydrogen (secondary N) is 1.